The highest BCUT2D eigenvalue weighted by molar-refractivity contribution is 6.34. The molecular formula is C19H17Cl3N2O. The average Bonchev–Trinajstić information content (AvgIpc) is 2.91. The van der Waals surface area contributed by atoms with Gasteiger partial charge in [-0.3, -0.25) is 4.90 Å². The van der Waals surface area contributed by atoms with E-state index in [0.29, 0.717) is 16.6 Å². The number of rotatable bonds is 3. The number of aliphatic hydroxyl groups excluding tert-OH is 1. The average molecular weight is 396 g/mol. The molecule has 0 spiro atoms. The summed E-state index contributed by atoms with van der Waals surface area (Å²) in [4.78, 5) is 5.72. The minimum Gasteiger partial charge on any atom is -0.387 e. The molecule has 2 heterocycles. The molecule has 1 atom stereocenters. The van der Waals surface area contributed by atoms with E-state index in [1.54, 1.807) is 18.2 Å². The molecule has 25 heavy (non-hydrogen) atoms. The molecule has 1 unspecified atom stereocenters. The van der Waals surface area contributed by atoms with Gasteiger partial charge in [-0.25, -0.2) is 0 Å². The molecule has 0 fully saturated rings. The van der Waals surface area contributed by atoms with E-state index in [1.165, 1.54) is 16.6 Å². The van der Waals surface area contributed by atoms with Crippen LogP contribution in [0.5, 0.6) is 0 Å². The Kier molecular flexibility index (Phi) is 4.69. The predicted molar refractivity (Wildman–Crippen MR) is 104 cm³/mol. The molecule has 2 aromatic carbocycles. The standard InChI is InChI=1S/C19H17Cl3N2O/c20-12-1-2-17-16(8-12)15-3-4-24(9-18(15)23-17)10-19(25)11-5-13(21)7-14(22)6-11/h1-2,5-8,19,23,25H,3-4,9-10H2. The first kappa shape index (κ1) is 17.2. The van der Waals surface area contributed by atoms with E-state index in [0.717, 1.165) is 35.6 Å². The third-order valence-electron chi connectivity index (χ3n) is 4.72. The number of nitrogens with zero attached hydrogens (tertiary/aromatic N) is 1. The molecule has 0 bridgehead atoms. The lowest BCUT2D eigenvalue weighted by atomic mass is 10.0. The summed E-state index contributed by atoms with van der Waals surface area (Å²) in [5.41, 5.74) is 4.37. The molecule has 3 nitrogen and oxygen atoms in total. The summed E-state index contributed by atoms with van der Waals surface area (Å²) >= 11 is 18.2. The van der Waals surface area contributed by atoms with Gasteiger partial charge in [-0.15, -0.1) is 0 Å². The molecule has 1 aliphatic heterocycles. The van der Waals surface area contributed by atoms with Crippen LogP contribution in [0.4, 0.5) is 0 Å². The zero-order valence-electron chi connectivity index (χ0n) is 13.4. The van der Waals surface area contributed by atoms with Gasteiger partial charge in [0.25, 0.3) is 0 Å². The summed E-state index contributed by atoms with van der Waals surface area (Å²) in [6.45, 7) is 2.19. The molecule has 0 radical (unpaired) electrons. The van der Waals surface area contributed by atoms with Crippen LogP contribution in [-0.2, 0) is 13.0 Å². The maximum Gasteiger partial charge on any atom is 0.0918 e. The number of β-amino-alcohol motifs (C(OH)–C–C–N with tert-alkyl or cyclic N) is 1. The number of aliphatic hydroxyl groups is 1. The van der Waals surface area contributed by atoms with E-state index in [9.17, 15) is 5.11 Å². The Bertz CT molecular complexity index is 918. The number of aromatic amines is 1. The summed E-state index contributed by atoms with van der Waals surface area (Å²) < 4.78 is 0. The predicted octanol–water partition coefficient (Wildman–Crippen LogP) is 5.22. The molecule has 0 amide bonds. The molecule has 0 saturated carbocycles. The van der Waals surface area contributed by atoms with Crippen molar-refractivity contribution in [2.45, 2.75) is 19.1 Å². The Balaban J connectivity index is 1.53. The zero-order chi connectivity index (χ0) is 17.6. The largest absolute Gasteiger partial charge is 0.387 e. The number of aromatic nitrogens is 1. The van der Waals surface area contributed by atoms with Gasteiger partial charge in [0.15, 0.2) is 0 Å². The van der Waals surface area contributed by atoms with Crippen LogP contribution in [0.1, 0.15) is 22.9 Å². The number of benzene rings is 2. The van der Waals surface area contributed by atoms with Crippen LogP contribution in [0, 0.1) is 0 Å². The summed E-state index contributed by atoms with van der Waals surface area (Å²) in [7, 11) is 0. The van der Waals surface area contributed by atoms with Crippen LogP contribution in [-0.4, -0.2) is 28.1 Å². The third-order valence-corrected chi connectivity index (χ3v) is 5.39. The van der Waals surface area contributed by atoms with E-state index in [-0.39, 0.29) is 0 Å². The van der Waals surface area contributed by atoms with Gasteiger partial charge in [0.2, 0.25) is 0 Å². The summed E-state index contributed by atoms with van der Waals surface area (Å²) in [5, 5.41) is 13.6. The fraction of sp³-hybridized carbons (Fsp3) is 0.263. The molecular weight excluding hydrogens is 379 g/mol. The van der Waals surface area contributed by atoms with E-state index in [2.05, 4.69) is 9.88 Å². The first-order valence-corrected chi connectivity index (χ1v) is 9.28. The van der Waals surface area contributed by atoms with Crippen molar-refractivity contribution in [3.8, 4) is 0 Å². The molecule has 130 valence electrons. The lowest BCUT2D eigenvalue weighted by Gasteiger charge is -2.29. The van der Waals surface area contributed by atoms with Gasteiger partial charge in [-0.1, -0.05) is 34.8 Å². The Morgan fingerprint density at radius 1 is 1.04 bits per heavy atom. The van der Waals surface area contributed by atoms with Crippen LogP contribution < -0.4 is 0 Å². The van der Waals surface area contributed by atoms with Crippen molar-refractivity contribution in [3.05, 3.63) is 68.3 Å². The lowest BCUT2D eigenvalue weighted by molar-refractivity contribution is 0.105. The Morgan fingerprint density at radius 3 is 2.56 bits per heavy atom. The Hall–Kier alpha value is -1.23. The second-order valence-corrected chi connectivity index (χ2v) is 7.79. The number of H-pyrrole nitrogens is 1. The quantitative estimate of drug-likeness (QED) is 0.638. The number of hydrogen-bond acceptors (Lipinski definition) is 2. The normalized spacial score (nSPS) is 16.2. The fourth-order valence-electron chi connectivity index (χ4n) is 3.54. The number of halogens is 3. The highest BCUT2D eigenvalue weighted by Crippen LogP contribution is 2.31. The van der Waals surface area contributed by atoms with E-state index in [1.807, 2.05) is 18.2 Å². The van der Waals surface area contributed by atoms with Gasteiger partial charge in [-0.05, 0) is 53.9 Å². The van der Waals surface area contributed by atoms with E-state index < -0.39 is 6.10 Å². The zero-order valence-corrected chi connectivity index (χ0v) is 15.7. The molecule has 6 heteroatoms. The van der Waals surface area contributed by atoms with Crippen molar-refractivity contribution < 1.29 is 5.11 Å². The second-order valence-electron chi connectivity index (χ2n) is 6.48. The topological polar surface area (TPSA) is 39.3 Å². The summed E-state index contributed by atoms with van der Waals surface area (Å²) in [6.07, 6.45) is 0.301. The first-order chi connectivity index (χ1) is 12.0. The maximum absolute atomic E-state index is 10.6. The monoisotopic (exact) mass is 394 g/mol. The van der Waals surface area contributed by atoms with E-state index >= 15 is 0 Å². The van der Waals surface area contributed by atoms with Gasteiger partial charge in [-0.2, -0.15) is 0 Å². The van der Waals surface area contributed by atoms with Crippen LogP contribution in [0.15, 0.2) is 36.4 Å². The molecule has 0 aliphatic carbocycles. The SMILES string of the molecule is OC(CN1CCc2c([nH]c3ccc(Cl)cc23)C1)c1cc(Cl)cc(Cl)c1. The smallest absolute Gasteiger partial charge is 0.0918 e. The molecule has 4 rings (SSSR count). The maximum atomic E-state index is 10.6. The van der Waals surface area contributed by atoms with Gasteiger partial charge < -0.3 is 10.1 Å². The van der Waals surface area contributed by atoms with Gasteiger partial charge in [0.05, 0.1) is 6.10 Å². The number of nitrogens with one attached hydrogen (secondary N) is 1. The first-order valence-electron chi connectivity index (χ1n) is 8.15. The van der Waals surface area contributed by atoms with Crippen molar-refractivity contribution in [1.82, 2.24) is 9.88 Å². The minimum atomic E-state index is -0.628. The van der Waals surface area contributed by atoms with Crippen molar-refractivity contribution in [3.63, 3.8) is 0 Å². The fourth-order valence-corrected chi connectivity index (χ4v) is 4.26. The Morgan fingerprint density at radius 2 is 1.80 bits per heavy atom. The molecule has 3 aromatic rings. The highest BCUT2D eigenvalue weighted by Gasteiger charge is 2.23. The Labute approximate surface area is 161 Å². The minimum absolute atomic E-state index is 0.534. The molecule has 1 aliphatic rings. The van der Waals surface area contributed by atoms with Crippen molar-refractivity contribution >= 4 is 45.7 Å². The van der Waals surface area contributed by atoms with Gasteiger partial charge in [0, 0.05) is 51.3 Å². The molecule has 1 aromatic heterocycles. The van der Waals surface area contributed by atoms with Crippen LogP contribution in [0.2, 0.25) is 15.1 Å². The lowest BCUT2D eigenvalue weighted by Crippen LogP contribution is -2.33. The van der Waals surface area contributed by atoms with Crippen LogP contribution >= 0.6 is 34.8 Å². The molecule has 0 saturated heterocycles. The molecule has 2 N–H and O–H groups in total. The number of fused-ring (bicyclic) bond motifs is 3. The van der Waals surface area contributed by atoms with Gasteiger partial charge in [0.1, 0.15) is 0 Å². The third kappa shape index (κ3) is 3.53. The van der Waals surface area contributed by atoms with Crippen molar-refractivity contribution in [2.24, 2.45) is 0 Å². The van der Waals surface area contributed by atoms with Crippen molar-refractivity contribution in [2.75, 3.05) is 13.1 Å². The van der Waals surface area contributed by atoms with Gasteiger partial charge >= 0.3 is 0 Å². The number of hydrogen-bond donors (Lipinski definition) is 2. The second kappa shape index (κ2) is 6.82. The van der Waals surface area contributed by atoms with Crippen LogP contribution in [0.3, 0.4) is 0 Å². The summed E-state index contributed by atoms with van der Waals surface area (Å²) in [6, 6.07) is 11.1. The van der Waals surface area contributed by atoms with Crippen molar-refractivity contribution in [1.29, 1.82) is 0 Å². The van der Waals surface area contributed by atoms with Crippen LogP contribution in [0.25, 0.3) is 10.9 Å². The highest BCUT2D eigenvalue weighted by atomic mass is 35.5. The van der Waals surface area contributed by atoms with E-state index in [4.69, 9.17) is 34.8 Å². The summed E-state index contributed by atoms with van der Waals surface area (Å²) in [5.74, 6) is 0.